The highest BCUT2D eigenvalue weighted by molar-refractivity contribution is 8.18. The Morgan fingerprint density at radius 1 is 0.886 bits per heavy atom. The Morgan fingerprint density at radius 3 is 2.37 bits per heavy atom. The number of nitrogens with zero attached hydrogens (tertiary/aromatic N) is 1. The second-order valence-electron chi connectivity index (χ2n) is 7.89. The molecular formula is C28H18ClNO4S. The minimum atomic E-state index is -0.557. The lowest BCUT2D eigenvalue weighted by Crippen LogP contribution is -2.27. The van der Waals surface area contributed by atoms with Crippen molar-refractivity contribution < 1.29 is 19.1 Å². The Hall–Kier alpha value is -3.87. The van der Waals surface area contributed by atoms with Gasteiger partial charge in [-0.15, -0.1) is 0 Å². The van der Waals surface area contributed by atoms with Crippen LogP contribution in [0.4, 0.5) is 4.79 Å². The van der Waals surface area contributed by atoms with Crippen molar-refractivity contribution in [3.63, 3.8) is 0 Å². The summed E-state index contributed by atoms with van der Waals surface area (Å²) in [5.74, 6) is -0.544. The van der Waals surface area contributed by atoms with Gasteiger partial charge in [-0.2, -0.15) is 0 Å². The number of carbonyl (C=O) groups is 3. The molecule has 1 aliphatic rings. The number of esters is 1. The zero-order valence-electron chi connectivity index (χ0n) is 18.3. The van der Waals surface area contributed by atoms with Crippen molar-refractivity contribution in [2.24, 2.45) is 0 Å². The van der Waals surface area contributed by atoms with E-state index in [-0.39, 0.29) is 23.3 Å². The summed E-state index contributed by atoms with van der Waals surface area (Å²) in [4.78, 5) is 39.4. The zero-order valence-corrected chi connectivity index (χ0v) is 19.9. The molecule has 0 unspecified atom stereocenters. The van der Waals surface area contributed by atoms with Crippen LogP contribution < -0.4 is 4.74 Å². The summed E-state index contributed by atoms with van der Waals surface area (Å²) in [5.41, 5.74) is 1.87. The van der Waals surface area contributed by atoms with E-state index in [9.17, 15) is 14.4 Å². The number of hydrogen-bond donors (Lipinski definition) is 0. The number of amides is 2. The quantitative estimate of drug-likeness (QED) is 0.169. The summed E-state index contributed by atoms with van der Waals surface area (Å²) in [6.45, 7) is 0.212. The minimum Gasteiger partial charge on any atom is -0.423 e. The number of rotatable bonds is 5. The number of imide groups is 1. The third kappa shape index (κ3) is 4.99. The Labute approximate surface area is 211 Å². The molecule has 0 bridgehead atoms. The van der Waals surface area contributed by atoms with Gasteiger partial charge in [-0.1, -0.05) is 72.3 Å². The van der Waals surface area contributed by atoms with Crippen molar-refractivity contribution in [3.05, 3.63) is 118 Å². The van der Waals surface area contributed by atoms with Crippen LogP contribution in [0.3, 0.4) is 0 Å². The smallest absolute Gasteiger partial charge is 0.345 e. The predicted molar refractivity (Wildman–Crippen MR) is 138 cm³/mol. The monoisotopic (exact) mass is 499 g/mol. The molecule has 0 N–H and O–H groups in total. The molecule has 1 saturated heterocycles. The van der Waals surface area contributed by atoms with Crippen molar-refractivity contribution in [1.29, 1.82) is 0 Å². The van der Waals surface area contributed by atoms with Crippen LogP contribution in [0.15, 0.2) is 95.9 Å². The SMILES string of the molecule is O=C(Oc1ccc(/C=C2\SC(=O)N(Cc3ccc4ccccc4c3)C2=O)cc1)c1ccccc1Cl. The maximum Gasteiger partial charge on any atom is 0.345 e. The lowest BCUT2D eigenvalue weighted by atomic mass is 10.1. The first-order chi connectivity index (χ1) is 17.0. The Balaban J connectivity index is 1.28. The molecule has 1 fully saturated rings. The van der Waals surface area contributed by atoms with Crippen molar-refractivity contribution in [3.8, 4) is 5.75 Å². The van der Waals surface area contributed by atoms with Crippen LogP contribution in [0.2, 0.25) is 5.02 Å². The normalized spacial score (nSPS) is 14.7. The van der Waals surface area contributed by atoms with Gasteiger partial charge in [0.05, 0.1) is 22.0 Å². The molecule has 1 heterocycles. The van der Waals surface area contributed by atoms with E-state index in [0.717, 1.165) is 28.1 Å². The molecule has 5 rings (SSSR count). The number of thioether (sulfide) groups is 1. The first-order valence-electron chi connectivity index (χ1n) is 10.8. The van der Waals surface area contributed by atoms with Gasteiger partial charge in [0, 0.05) is 0 Å². The largest absolute Gasteiger partial charge is 0.423 e. The van der Waals surface area contributed by atoms with Crippen molar-refractivity contribution in [1.82, 2.24) is 4.90 Å². The second-order valence-corrected chi connectivity index (χ2v) is 9.29. The lowest BCUT2D eigenvalue weighted by molar-refractivity contribution is -0.123. The lowest BCUT2D eigenvalue weighted by Gasteiger charge is -2.13. The number of ether oxygens (including phenoxy) is 1. The van der Waals surface area contributed by atoms with Gasteiger partial charge >= 0.3 is 5.97 Å². The van der Waals surface area contributed by atoms with Gasteiger partial charge in [-0.05, 0) is 70.1 Å². The summed E-state index contributed by atoms with van der Waals surface area (Å²) in [6, 6.07) is 27.2. The standard InChI is InChI=1S/C28H18ClNO4S/c29-24-8-4-3-7-23(24)27(32)34-22-13-10-18(11-14-22)16-25-26(31)30(28(33)35-25)17-19-9-12-20-5-1-2-6-21(20)15-19/h1-16H,17H2/b25-16-. The minimum absolute atomic E-state index is 0.212. The number of fused-ring (bicyclic) bond motifs is 1. The molecule has 0 saturated carbocycles. The second kappa shape index (κ2) is 9.78. The molecule has 7 heteroatoms. The maximum absolute atomic E-state index is 12.9. The molecule has 4 aromatic rings. The summed E-state index contributed by atoms with van der Waals surface area (Å²) in [7, 11) is 0. The van der Waals surface area contributed by atoms with Crippen molar-refractivity contribution >= 4 is 57.3 Å². The van der Waals surface area contributed by atoms with E-state index in [0.29, 0.717) is 21.2 Å². The topological polar surface area (TPSA) is 63.7 Å². The first kappa shape index (κ1) is 22.9. The summed E-state index contributed by atoms with van der Waals surface area (Å²) in [6.07, 6.45) is 1.66. The van der Waals surface area contributed by atoms with E-state index in [1.165, 1.54) is 4.90 Å². The third-order valence-corrected chi connectivity index (χ3v) is 6.75. The Kier molecular flexibility index (Phi) is 6.40. The zero-order chi connectivity index (χ0) is 24.4. The summed E-state index contributed by atoms with van der Waals surface area (Å²) < 4.78 is 5.38. The number of carbonyl (C=O) groups excluding carboxylic acids is 3. The number of halogens is 1. The van der Waals surface area contributed by atoms with Crippen LogP contribution >= 0.6 is 23.4 Å². The van der Waals surface area contributed by atoms with E-state index in [1.807, 2.05) is 42.5 Å². The summed E-state index contributed by atoms with van der Waals surface area (Å²) >= 11 is 6.96. The molecule has 4 aromatic carbocycles. The molecular weight excluding hydrogens is 482 g/mol. The number of hydrogen-bond acceptors (Lipinski definition) is 5. The Bertz CT molecular complexity index is 1500. The highest BCUT2D eigenvalue weighted by Gasteiger charge is 2.35. The summed E-state index contributed by atoms with van der Waals surface area (Å²) in [5, 5.41) is 2.17. The van der Waals surface area contributed by atoms with Crippen molar-refractivity contribution in [2.45, 2.75) is 6.54 Å². The van der Waals surface area contributed by atoms with Crippen LogP contribution in [0, 0.1) is 0 Å². The fraction of sp³-hybridized carbons (Fsp3) is 0.0357. The molecule has 0 radical (unpaired) electrons. The third-order valence-electron chi connectivity index (χ3n) is 5.51. The van der Waals surface area contributed by atoms with Crippen LogP contribution in [0.1, 0.15) is 21.5 Å². The molecule has 35 heavy (non-hydrogen) atoms. The van der Waals surface area contributed by atoms with Crippen LogP contribution in [-0.2, 0) is 11.3 Å². The van der Waals surface area contributed by atoms with E-state index in [1.54, 1.807) is 54.6 Å². The van der Waals surface area contributed by atoms with E-state index in [2.05, 4.69) is 0 Å². The predicted octanol–water partition coefficient (Wildman–Crippen LogP) is 6.95. The van der Waals surface area contributed by atoms with Gasteiger partial charge in [-0.3, -0.25) is 14.5 Å². The Morgan fingerprint density at radius 2 is 1.60 bits per heavy atom. The molecule has 0 aliphatic carbocycles. The van der Waals surface area contributed by atoms with Gasteiger partial charge in [0.15, 0.2) is 0 Å². The van der Waals surface area contributed by atoms with Crippen LogP contribution in [-0.4, -0.2) is 22.0 Å². The average molecular weight is 500 g/mol. The molecule has 0 atom stereocenters. The maximum atomic E-state index is 12.9. The van der Waals surface area contributed by atoms with Gasteiger partial charge in [0.1, 0.15) is 5.75 Å². The van der Waals surface area contributed by atoms with Gasteiger partial charge in [0.25, 0.3) is 11.1 Å². The highest BCUT2D eigenvalue weighted by atomic mass is 35.5. The fourth-order valence-electron chi connectivity index (χ4n) is 3.73. The number of benzene rings is 4. The molecule has 5 nitrogen and oxygen atoms in total. The highest BCUT2D eigenvalue weighted by Crippen LogP contribution is 2.34. The average Bonchev–Trinajstić information content (AvgIpc) is 3.12. The van der Waals surface area contributed by atoms with Crippen LogP contribution in [0.5, 0.6) is 5.75 Å². The van der Waals surface area contributed by atoms with E-state index >= 15 is 0 Å². The van der Waals surface area contributed by atoms with Gasteiger partial charge in [0.2, 0.25) is 0 Å². The molecule has 0 aromatic heterocycles. The molecule has 0 spiro atoms. The first-order valence-corrected chi connectivity index (χ1v) is 12.0. The van der Waals surface area contributed by atoms with Crippen molar-refractivity contribution in [2.75, 3.05) is 0 Å². The van der Waals surface area contributed by atoms with Crippen LogP contribution in [0.25, 0.3) is 16.8 Å². The van der Waals surface area contributed by atoms with Gasteiger partial charge in [-0.25, -0.2) is 4.79 Å². The molecule has 172 valence electrons. The van der Waals surface area contributed by atoms with Gasteiger partial charge < -0.3 is 4.74 Å². The molecule has 2 amide bonds. The fourth-order valence-corrected chi connectivity index (χ4v) is 4.78. The van der Waals surface area contributed by atoms with E-state index < -0.39 is 5.97 Å². The van der Waals surface area contributed by atoms with E-state index in [4.69, 9.17) is 16.3 Å². The molecule has 1 aliphatic heterocycles.